The second-order valence-corrected chi connectivity index (χ2v) is 6.58. The highest BCUT2D eigenvalue weighted by Crippen LogP contribution is 2.32. The number of hydrogen-bond acceptors (Lipinski definition) is 5. The first-order valence-electron chi connectivity index (χ1n) is 9.40. The summed E-state index contributed by atoms with van der Waals surface area (Å²) in [7, 11) is 0. The first kappa shape index (κ1) is 17.5. The number of ether oxygens (including phenoxy) is 3. The van der Waals surface area contributed by atoms with E-state index in [-0.39, 0.29) is 12.5 Å². The van der Waals surface area contributed by atoms with Crippen molar-refractivity contribution in [3.8, 4) is 17.2 Å². The standard InChI is InChI=1S/C21H24N2O4/c1-2-25-17-8-4-3-7-16(17)22-11-13-23(14-12-22)21(24)20-15-26-18-9-5-6-10-19(18)27-20/h3-10,20H,2,11-15H2,1H3. The van der Waals surface area contributed by atoms with E-state index in [1.54, 1.807) is 0 Å². The molecule has 4 rings (SSSR count). The highest BCUT2D eigenvalue weighted by atomic mass is 16.6. The van der Waals surface area contributed by atoms with Gasteiger partial charge in [0.25, 0.3) is 5.91 Å². The smallest absolute Gasteiger partial charge is 0.267 e. The number of benzene rings is 2. The van der Waals surface area contributed by atoms with E-state index in [1.165, 1.54) is 0 Å². The Morgan fingerprint density at radius 3 is 2.52 bits per heavy atom. The highest BCUT2D eigenvalue weighted by Gasteiger charge is 2.33. The lowest BCUT2D eigenvalue weighted by molar-refractivity contribution is -0.141. The van der Waals surface area contributed by atoms with Crippen molar-refractivity contribution >= 4 is 11.6 Å². The largest absolute Gasteiger partial charge is 0.492 e. The fourth-order valence-electron chi connectivity index (χ4n) is 3.51. The molecular formula is C21H24N2O4. The molecule has 6 heteroatoms. The number of amides is 1. The summed E-state index contributed by atoms with van der Waals surface area (Å²) in [5, 5.41) is 0. The zero-order valence-electron chi connectivity index (χ0n) is 15.5. The highest BCUT2D eigenvalue weighted by molar-refractivity contribution is 5.82. The molecule has 6 nitrogen and oxygen atoms in total. The molecule has 0 spiro atoms. The van der Waals surface area contributed by atoms with Gasteiger partial charge in [-0.05, 0) is 31.2 Å². The van der Waals surface area contributed by atoms with E-state index in [9.17, 15) is 4.79 Å². The monoisotopic (exact) mass is 368 g/mol. The third-order valence-corrected chi connectivity index (χ3v) is 4.88. The van der Waals surface area contributed by atoms with Crippen LogP contribution in [-0.2, 0) is 4.79 Å². The molecule has 2 aliphatic heterocycles. The average Bonchev–Trinajstić information content (AvgIpc) is 2.74. The summed E-state index contributed by atoms with van der Waals surface area (Å²) < 4.78 is 17.3. The van der Waals surface area contributed by atoms with Gasteiger partial charge in [0, 0.05) is 26.2 Å². The van der Waals surface area contributed by atoms with E-state index >= 15 is 0 Å². The van der Waals surface area contributed by atoms with Crippen molar-refractivity contribution in [2.45, 2.75) is 13.0 Å². The van der Waals surface area contributed by atoms with Crippen LogP contribution in [0.15, 0.2) is 48.5 Å². The molecule has 2 aliphatic rings. The molecule has 1 unspecified atom stereocenters. The fraction of sp³-hybridized carbons (Fsp3) is 0.381. The third kappa shape index (κ3) is 3.65. The maximum Gasteiger partial charge on any atom is 0.267 e. The van der Waals surface area contributed by atoms with Gasteiger partial charge in [0.15, 0.2) is 11.5 Å². The number of fused-ring (bicyclic) bond motifs is 1. The summed E-state index contributed by atoms with van der Waals surface area (Å²) in [5.41, 5.74) is 1.08. The van der Waals surface area contributed by atoms with Crippen LogP contribution in [0.5, 0.6) is 17.2 Å². The van der Waals surface area contributed by atoms with Gasteiger partial charge in [-0.15, -0.1) is 0 Å². The van der Waals surface area contributed by atoms with Crippen LogP contribution in [-0.4, -0.2) is 56.3 Å². The molecule has 0 N–H and O–H groups in total. The van der Waals surface area contributed by atoms with Gasteiger partial charge in [-0.3, -0.25) is 4.79 Å². The zero-order valence-corrected chi connectivity index (χ0v) is 15.5. The Kier molecular flexibility index (Phi) is 5.05. The molecule has 142 valence electrons. The van der Waals surface area contributed by atoms with Gasteiger partial charge in [0.2, 0.25) is 6.10 Å². The van der Waals surface area contributed by atoms with Crippen LogP contribution in [0.25, 0.3) is 0 Å². The van der Waals surface area contributed by atoms with E-state index in [1.807, 2.05) is 54.3 Å². The molecule has 2 aromatic rings. The summed E-state index contributed by atoms with van der Waals surface area (Å²) in [6, 6.07) is 15.5. The van der Waals surface area contributed by atoms with Crippen molar-refractivity contribution in [3.63, 3.8) is 0 Å². The summed E-state index contributed by atoms with van der Waals surface area (Å²) in [4.78, 5) is 17.0. The number of carbonyl (C=O) groups excluding carboxylic acids is 1. The molecule has 0 bridgehead atoms. The normalized spacial score (nSPS) is 18.9. The number of nitrogens with zero attached hydrogens (tertiary/aromatic N) is 2. The van der Waals surface area contributed by atoms with Crippen molar-refractivity contribution in [2.24, 2.45) is 0 Å². The van der Waals surface area contributed by atoms with Crippen molar-refractivity contribution in [3.05, 3.63) is 48.5 Å². The molecule has 0 saturated carbocycles. The second kappa shape index (κ2) is 7.78. The first-order chi connectivity index (χ1) is 13.3. The van der Waals surface area contributed by atoms with Gasteiger partial charge >= 0.3 is 0 Å². The van der Waals surface area contributed by atoms with Crippen molar-refractivity contribution in [2.75, 3.05) is 44.3 Å². The molecule has 1 saturated heterocycles. The van der Waals surface area contributed by atoms with Crippen LogP contribution >= 0.6 is 0 Å². The second-order valence-electron chi connectivity index (χ2n) is 6.58. The summed E-state index contributed by atoms with van der Waals surface area (Å²) >= 11 is 0. The number of piperazine rings is 1. The molecule has 2 aromatic carbocycles. The van der Waals surface area contributed by atoms with E-state index in [2.05, 4.69) is 11.0 Å². The lowest BCUT2D eigenvalue weighted by Crippen LogP contribution is -2.54. The van der Waals surface area contributed by atoms with E-state index in [0.717, 1.165) is 24.5 Å². The van der Waals surface area contributed by atoms with Gasteiger partial charge < -0.3 is 24.0 Å². The van der Waals surface area contributed by atoms with Crippen molar-refractivity contribution in [1.82, 2.24) is 4.90 Å². The quantitative estimate of drug-likeness (QED) is 0.830. The molecule has 0 radical (unpaired) electrons. The maximum atomic E-state index is 12.9. The van der Waals surface area contributed by atoms with E-state index in [0.29, 0.717) is 31.2 Å². The number of rotatable bonds is 4. The predicted octanol–water partition coefficient (Wildman–Crippen LogP) is 2.57. The minimum absolute atomic E-state index is 0.0118. The van der Waals surface area contributed by atoms with E-state index in [4.69, 9.17) is 14.2 Å². The van der Waals surface area contributed by atoms with Crippen LogP contribution in [0.1, 0.15) is 6.92 Å². The van der Waals surface area contributed by atoms with Crippen molar-refractivity contribution < 1.29 is 19.0 Å². The van der Waals surface area contributed by atoms with E-state index < -0.39 is 6.10 Å². The molecule has 1 atom stereocenters. The van der Waals surface area contributed by atoms with Crippen LogP contribution in [0, 0.1) is 0 Å². The Bertz CT molecular complexity index is 802. The Morgan fingerprint density at radius 1 is 1.04 bits per heavy atom. The lowest BCUT2D eigenvalue weighted by Gasteiger charge is -2.38. The zero-order chi connectivity index (χ0) is 18.6. The first-order valence-corrected chi connectivity index (χ1v) is 9.40. The fourth-order valence-corrected chi connectivity index (χ4v) is 3.51. The molecule has 0 aliphatic carbocycles. The van der Waals surface area contributed by atoms with Crippen LogP contribution in [0.3, 0.4) is 0 Å². The Labute approximate surface area is 159 Å². The summed E-state index contributed by atoms with van der Waals surface area (Å²) in [6.45, 7) is 5.71. The van der Waals surface area contributed by atoms with Crippen molar-refractivity contribution in [1.29, 1.82) is 0 Å². The minimum Gasteiger partial charge on any atom is -0.492 e. The average molecular weight is 368 g/mol. The molecule has 1 amide bonds. The molecular weight excluding hydrogens is 344 g/mol. The molecule has 2 heterocycles. The van der Waals surface area contributed by atoms with Gasteiger partial charge in [-0.2, -0.15) is 0 Å². The molecule has 0 aromatic heterocycles. The Morgan fingerprint density at radius 2 is 1.74 bits per heavy atom. The lowest BCUT2D eigenvalue weighted by atomic mass is 10.2. The third-order valence-electron chi connectivity index (χ3n) is 4.88. The van der Waals surface area contributed by atoms with Gasteiger partial charge in [-0.1, -0.05) is 24.3 Å². The summed E-state index contributed by atoms with van der Waals surface area (Å²) in [5.74, 6) is 2.20. The van der Waals surface area contributed by atoms with Crippen LogP contribution in [0.4, 0.5) is 5.69 Å². The number of carbonyl (C=O) groups is 1. The van der Waals surface area contributed by atoms with Crippen LogP contribution < -0.4 is 19.1 Å². The van der Waals surface area contributed by atoms with Gasteiger partial charge in [0.05, 0.1) is 12.3 Å². The SMILES string of the molecule is CCOc1ccccc1N1CCN(C(=O)C2COc3ccccc3O2)CC1. The Balaban J connectivity index is 1.38. The number of hydrogen-bond donors (Lipinski definition) is 0. The Hall–Kier alpha value is -2.89. The number of para-hydroxylation sites is 4. The number of anilines is 1. The topological polar surface area (TPSA) is 51.2 Å². The summed E-state index contributed by atoms with van der Waals surface area (Å²) in [6.07, 6.45) is -0.581. The molecule has 27 heavy (non-hydrogen) atoms. The minimum atomic E-state index is -0.581. The van der Waals surface area contributed by atoms with Crippen LogP contribution in [0.2, 0.25) is 0 Å². The molecule has 1 fully saturated rings. The predicted molar refractivity (Wildman–Crippen MR) is 103 cm³/mol. The van der Waals surface area contributed by atoms with Gasteiger partial charge in [0.1, 0.15) is 12.4 Å². The maximum absolute atomic E-state index is 12.9. The van der Waals surface area contributed by atoms with Gasteiger partial charge in [-0.25, -0.2) is 0 Å².